The van der Waals surface area contributed by atoms with Crippen LogP contribution in [0.1, 0.15) is 71.8 Å². The monoisotopic (exact) mass is 392 g/mol. The van der Waals surface area contributed by atoms with E-state index >= 15 is 0 Å². The topological polar surface area (TPSA) is 96.0 Å². The fraction of sp³-hybridized carbons (Fsp3) is 0.682. The highest BCUT2D eigenvalue weighted by molar-refractivity contribution is 5.73. The predicted octanol–water partition coefficient (Wildman–Crippen LogP) is 3.99. The van der Waals surface area contributed by atoms with Crippen LogP contribution in [0.5, 0.6) is 5.75 Å². The lowest BCUT2D eigenvalue weighted by atomic mass is 9.71. The Hall–Kier alpha value is -1.63. The maximum absolute atomic E-state index is 11.3. The summed E-state index contributed by atoms with van der Waals surface area (Å²) in [6.45, 7) is 8.51. The Morgan fingerprint density at radius 2 is 1.75 bits per heavy atom. The van der Waals surface area contributed by atoms with Gasteiger partial charge in [0, 0.05) is 5.54 Å². The zero-order valence-corrected chi connectivity index (χ0v) is 17.6. The summed E-state index contributed by atoms with van der Waals surface area (Å²) >= 11 is 0. The van der Waals surface area contributed by atoms with Gasteiger partial charge in [0.25, 0.3) is 0 Å². The molecular formula is C22H36N2O4. The summed E-state index contributed by atoms with van der Waals surface area (Å²) in [7, 11) is 0. The second-order valence-corrected chi connectivity index (χ2v) is 7.99. The maximum Gasteiger partial charge on any atom is 0.320 e. The van der Waals surface area contributed by atoms with Crippen molar-refractivity contribution in [1.82, 2.24) is 5.06 Å². The highest BCUT2D eigenvalue weighted by atomic mass is 16.5. The molecule has 0 bridgehead atoms. The van der Waals surface area contributed by atoms with E-state index < -0.39 is 17.6 Å². The van der Waals surface area contributed by atoms with Crippen molar-refractivity contribution in [3.05, 3.63) is 29.8 Å². The number of carboxylic acids is 1. The number of hydrogen-bond acceptors (Lipinski definition) is 5. The normalized spacial score (nSPS) is 22.6. The molecule has 0 saturated carbocycles. The smallest absolute Gasteiger partial charge is 0.320 e. The van der Waals surface area contributed by atoms with Gasteiger partial charge in [0.1, 0.15) is 17.9 Å². The Morgan fingerprint density at radius 3 is 2.21 bits per heavy atom. The molecule has 0 spiro atoms. The molecule has 6 nitrogen and oxygen atoms in total. The number of ether oxygens (including phenoxy) is 1. The van der Waals surface area contributed by atoms with Gasteiger partial charge < -0.3 is 20.8 Å². The third-order valence-electron chi connectivity index (χ3n) is 6.86. The summed E-state index contributed by atoms with van der Waals surface area (Å²) in [5.74, 6) is -0.269. The van der Waals surface area contributed by atoms with Gasteiger partial charge in [-0.05, 0) is 62.6 Å². The molecule has 0 aromatic heterocycles. The SMILES string of the molecule is CCC1(CC)CCC(Oc2ccc(C[C@H](N)C(=O)O)cc2)C(CC)(CC)N1O. The largest absolute Gasteiger partial charge is 0.488 e. The third-order valence-corrected chi connectivity index (χ3v) is 6.86. The molecule has 2 rings (SSSR count). The minimum absolute atomic E-state index is 0.106. The van der Waals surface area contributed by atoms with Gasteiger partial charge in [0.15, 0.2) is 0 Å². The number of hydrogen-bond donors (Lipinski definition) is 3. The van der Waals surface area contributed by atoms with Gasteiger partial charge >= 0.3 is 5.97 Å². The Bertz CT molecular complexity index is 638. The number of aliphatic carboxylic acids is 1. The van der Waals surface area contributed by atoms with E-state index in [0.29, 0.717) is 0 Å². The molecule has 1 aromatic rings. The van der Waals surface area contributed by atoms with E-state index in [9.17, 15) is 10.0 Å². The lowest BCUT2D eigenvalue weighted by Crippen LogP contribution is -2.68. The Balaban J connectivity index is 2.19. The summed E-state index contributed by atoms with van der Waals surface area (Å²) in [6.07, 6.45) is 5.40. The number of carbonyl (C=O) groups is 1. The number of piperidine rings is 1. The van der Waals surface area contributed by atoms with E-state index in [1.165, 1.54) is 0 Å². The van der Waals surface area contributed by atoms with Crippen molar-refractivity contribution in [1.29, 1.82) is 0 Å². The first kappa shape index (κ1) is 22.7. The van der Waals surface area contributed by atoms with Crippen LogP contribution in [0, 0.1) is 0 Å². The average Bonchev–Trinajstić information content (AvgIpc) is 2.71. The summed E-state index contributed by atoms with van der Waals surface area (Å²) in [5, 5.41) is 21.8. The van der Waals surface area contributed by atoms with Crippen molar-refractivity contribution in [2.45, 2.75) is 95.9 Å². The summed E-state index contributed by atoms with van der Waals surface area (Å²) < 4.78 is 6.36. The minimum Gasteiger partial charge on any atom is -0.488 e. The molecule has 0 radical (unpaired) electrons. The van der Waals surface area contributed by atoms with Gasteiger partial charge in [0.05, 0.1) is 5.54 Å². The molecule has 1 saturated heterocycles. The van der Waals surface area contributed by atoms with Gasteiger partial charge in [-0.3, -0.25) is 4.79 Å². The molecule has 28 heavy (non-hydrogen) atoms. The first-order chi connectivity index (χ1) is 13.3. The zero-order chi connectivity index (χ0) is 20.9. The van der Waals surface area contributed by atoms with Gasteiger partial charge in [0.2, 0.25) is 0 Å². The number of rotatable bonds is 9. The molecule has 0 amide bonds. The Morgan fingerprint density at radius 1 is 1.18 bits per heavy atom. The predicted molar refractivity (Wildman–Crippen MR) is 110 cm³/mol. The average molecular weight is 393 g/mol. The Labute approximate surface area is 168 Å². The van der Waals surface area contributed by atoms with Crippen molar-refractivity contribution in [2.75, 3.05) is 0 Å². The van der Waals surface area contributed by atoms with Gasteiger partial charge in [-0.15, -0.1) is 0 Å². The molecule has 4 N–H and O–H groups in total. The third kappa shape index (κ3) is 4.19. The lowest BCUT2D eigenvalue weighted by Gasteiger charge is -2.57. The van der Waals surface area contributed by atoms with Crippen molar-refractivity contribution in [2.24, 2.45) is 5.73 Å². The van der Waals surface area contributed by atoms with Gasteiger partial charge in [-0.1, -0.05) is 39.8 Å². The quantitative estimate of drug-likeness (QED) is 0.588. The zero-order valence-electron chi connectivity index (χ0n) is 17.6. The first-order valence-electron chi connectivity index (χ1n) is 10.5. The minimum atomic E-state index is -1.00. The molecule has 1 aromatic carbocycles. The molecule has 158 valence electrons. The van der Waals surface area contributed by atoms with Crippen LogP contribution in [0.2, 0.25) is 0 Å². The maximum atomic E-state index is 11.3. The molecule has 1 fully saturated rings. The van der Waals surface area contributed by atoms with E-state index in [1.54, 1.807) is 5.06 Å². The lowest BCUT2D eigenvalue weighted by molar-refractivity contribution is -0.289. The van der Waals surface area contributed by atoms with Gasteiger partial charge in [-0.2, -0.15) is 5.06 Å². The van der Waals surface area contributed by atoms with E-state index in [2.05, 4.69) is 27.7 Å². The highest BCUT2D eigenvalue weighted by Crippen LogP contribution is 2.46. The fourth-order valence-electron chi connectivity index (χ4n) is 4.67. The van der Waals surface area contributed by atoms with Crippen molar-refractivity contribution < 1.29 is 19.8 Å². The molecule has 2 atom stereocenters. The number of hydroxylamine groups is 2. The van der Waals surface area contributed by atoms with Crippen molar-refractivity contribution >= 4 is 5.97 Å². The van der Waals surface area contributed by atoms with Crippen LogP contribution in [0.3, 0.4) is 0 Å². The van der Waals surface area contributed by atoms with E-state index in [0.717, 1.165) is 49.8 Å². The fourth-order valence-corrected chi connectivity index (χ4v) is 4.67. The second kappa shape index (κ2) is 9.25. The highest BCUT2D eigenvalue weighted by Gasteiger charge is 2.54. The van der Waals surface area contributed by atoms with Crippen LogP contribution in [-0.2, 0) is 11.2 Å². The molecular weight excluding hydrogens is 356 g/mol. The summed E-state index contributed by atoms with van der Waals surface area (Å²) in [4.78, 5) is 10.9. The van der Waals surface area contributed by atoms with Crippen molar-refractivity contribution in [3.63, 3.8) is 0 Å². The molecule has 6 heteroatoms. The molecule has 1 heterocycles. The molecule has 1 aliphatic heterocycles. The summed E-state index contributed by atoms with van der Waals surface area (Å²) in [5.41, 5.74) is 5.86. The summed E-state index contributed by atoms with van der Waals surface area (Å²) in [6, 6.07) is 6.54. The first-order valence-corrected chi connectivity index (χ1v) is 10.5. The van der Waals surface area contributed by atoms with Gasteiger partial charge in [-0.25, -0.2) is 0 Å². The second-order valence-electron chi connectivity index (χ2n) is 7.99. The molecule has 0 aliphatic carbocycles. The molecule has 1 aliphatic rings. The number of benzene rings is 1. The van der Waals surface area contributed by atoms with Crippen LogP contribution in [0.25, 0.3) is 0 Å². The Kier molecular flexibility index (Phi) is 7.48. The van der Waals surface area contributed by atoms with E-state index in [4.69, 9.17) is 15.6 Å². The van der Waals surface area contributed by atoms with Crippen molar-refractivity contribution in [3.8, 4) is 5.75 Å². The van der Waals surface area contributed by atoms with Crippen LogP contribution in [0.4, 0.5) is 0 Å². The molecule has 1 unspecified atom stereocenters. The number of nitrogens with two attached hydrogens (primary N) is 1. The number of nitrogens with zero attached hydrogens (tertiary/aromatic N) is 1. The van der Waals surface area contributed by atoms with Crippen LogP contribution < -0.4 is 10.5 Å². The standard InChI is InChI=1S/C22H36N2O4/c1-5-21(6-2)14-13-19(22(7-3,8-4)24(21)27)28-17-11-9-16(10-12-17)15-18(23)20(25)26/h9-12,18-19,27H,5-8,13-15,23H2,1-4H3,(H,25,26)/t18-,19?/m0/s1. The van der Waals surface area contributed by atoms with E-state index in [1.807, 2.05) is 24.3 Å². The van der Waals surface area contributed by atoms with Crippen LogP contribution in [-0.4, -0.2) is 44.6 Å². The van der Waals surface area contributed by atoms with E-state index in [-0.39, 0.29) is 18.1 Å². The van der Waals surface area contributed by atoms with Crippen LogP contribution in [0.15, 0.2) is 24.3 Å². The van der Waals surface area contributed by atoms with Crippen LogP contribution >= 0.6 is 0 Å². The number of carboxylic acid groups (broad SMARTS) is 1.